The Kier molecular flexibility index (Phi) is 5.42. The third kappa shape index (κ3) is 5.31. The van der Waals surface area contributed by atoms with E-state index in [0.717, 1.165) is 38.5 Å². The molecule has 5 heteroatoms. The maximum Gasteiger partial charge on any atom is 0.260 e. The van der Waals surface area contributed by atoms with E-state index in [4.69, 9.17) is 10.5 Å². The SMILES string of the molecule is Cc1ccc(OCC(=O)N2CCN(CC(C)(C)N)CC2)cc1. The summed E-state index contributed by atoms with van der Waals surface area (Å²) >= 11 is 0. The van der Waals surface area contributed by atoms with Crippen LogP contribution in [0.5, 0.6) is 5.75 Å². The molecule has 0 aliphatic carbocycles. The Labute approximate surface area is 133 Å². The minimum absolute atomic E-state index is 0.0484. The normalized spacial score (nSPS) is 16.6. The molecular formula is C17H27N3O2. The first-order valence-electron chi connectivity index (χ1n) is 7.82. The number of hydrogen-bond acceptors (Lipinski definition) is 4. The van der Waals surface area contributed by atoms with Gasteiger partial charge in [0, 0.05) is 38.3 Å². The number of ether oxygens (including phenoxy) is 1. The zero-order valence-electron chi connectivity index (χ0n) is 13.8. The monoisotopic (exact) mass is 305 g/mol. The maximum atomic E-state index is 12.2. The van der Waals surface area contributed by atoms with E-state index < -0.39 is 0 Å². The lowest BCUT2D eigenvalue weighted by Crippen LogP contribution is -2.54. The minimum atomic E-state index is -0.194. The second-order valence-electron chi connectivity index (χ2n) is 6.75. The summed E-state index contributed by atoms with van der Waals surface area (Å²) < 4.78 is 5.56. The zero-order chi connectivity index (χ0) is 16.2. The van der Waals surface area contributed by atoms with Gasteiger partial charge < -0.3 is 15.4 Å². The number of benzene rings is 1. The van der Waals surface area contributed by atoms with Gasteiger partial charge in [-0.2, -0.15) is 0 Å². The van der Waals surface area contributed by atoms with Crippen LogP contribution in [0.15, 0.2) is 24.3 Å². The van der Waals surface area contributed by atoms with Crippen LogP contribution in [0.25, 0.3) is 0 Å². The van der Waals surface area contributed by atoms with Crippen molar-refractivity contribution in [1.82, 2.24) is 9.80 Å². The summed E-state index contributed by atoms with van der Waals surface area (Å²) in [6, 6.07) is 7.74. The summed E-state index contributed by atoms with van der Waals surface area (Å²) in [4.78, 5) is 16.4. The second kappa shape index (κ2) is 7.11. The van der Waals surface area contributed by atoms with E-state index >= 15 is 0 Å². The number of nitrogens with two attached hydrogens (primary N) is 1. The summed E-state index contributed by atoms with van der Waals surface area (Å²) in [5.41, 5.74) is 7.03. The third-order valence-corrected chi connectivity index (χ3v) is 3.74. The van der Waals surface area contributed by atoms with Gasteiger partial charge in [0.15, 0.2) is 6.61 Å². The third-order valence-electron chi connectivity index (χ3n) is 3.74. The van der Waals surface area contributed by atoms with Crippen LogP contribution in [0.3, 0.4) is 0 Å². The maximum absolute atomic E-state index is 12.2. The van der Waals surface area contributed by atoms with Crippen molar-refractivity contribution in [2.75, 3.05) is 39.3 Å². The number of amides is 1. The number of rotatable bonds is 5. The summed E-state index contributed by atoms with van der Waals surface area (Å²) in [5.74, 6) is 0.787. The highest BCUT2D eigenvalue weighted by Crippen LogP contribution is 2.12. The molecule has 1 amide bonds. The van der Waals surface area contributed by atoms with Crippen molar-refractivity contribution in [3.8, 4) is 5.75 Å². The molecule has 0 radical (unpaired) electrons. The molecule has 2 N–H and O–H groups in total. The molecule has 1 fully saturated rings. The van der Waals surface area contributed by atoms with Gasteiger partial charge in [-0.1, -0.05) is 17.7 Å². The van der Waals surface area contributed by atoms with Gasteiger partial charge in [0.1, 0.15) is 5.75 Å². The number of aryl methyl sites for hydroxylation is 1. The average molecular weight is 305 g/mol. The first-order valence-corrected chi connectivity index (χ1v) is 7.82. The highest BCUT2D eigenvalue weighted by molar-refractivity contribution is 5.77. The summed E-state index contributed by atoms with van der Waals surface area (Å²) in [6.45, 7) is 10.3. The molecule has 1 aliphatic rings. The fourth-order valence-corrected chi connectivity index (χ4v) is 2.60. The van der Waals surface area contributed by atoms with Gasteiger partial charge in [0.25, 0.3) is 5.91 Å². The van der Waals surface area contributed by atoms with Gasteiger partial charge in [0.05, 0.1) is 0 Å². The van der Waals surface area contributed by atoms with Crippen molar-refractivity contribution in [2.45, 2.75) is 26.3 Å². The number of piperazine rings is 1. The molecule has 1 saturated heterocycles. The molecule has 0 aromatic heterocycles. The molecule has 5 nitrogen and oxygen atoms in total. The highest BCUT2D eigenvalue weighted by atomic mass is 16.5. The van der Waals surface area contributed by atoms with Crippen LogP contribution < -0.4 is 10.5 Å². The molecule has 1 aromatic rings. The number of hydrogen-bond donors (Lipinski definition) is 1. The topological polar surface area (TPSA) is 58.8 Å². The van der Waals surface area contributed by atoms with Crippen LogP contribution in [0, 0.1) is 6.92 Å². The molecule has 0 spiro atoms. The van der Waals surface area contributed by atoms with E-state index in [1.165, 1.54) is 5.56 Å². The summed E-state index contributed by atoms with van der Waals surface area (Å²) in [5, 5.41) is 0. The van der Waals surface area contributed by atoms with E-state index in [1.54, 1.807) is 0 Å². The lowest BCUT2D eigenvalue weighted by atomic mass is 10.1. The smallest absolute Gasteiger partial charge is 0.260 e. The molecule has 0 saturated carbocycles. The van der Waals surface area contributed by atoms with Crippen LogP contribution in [0.1, 0.15) is 19.4 Å². The van der Waals surface area contributed by atoms with Crippen LogP contribution in [-0.4, -0.2) is 60.6 Å². The number of nitrogens with zero attached hydrogens (tertiary/aromatic N) is 2. The molecule has 0 atom stereocenters. The molecule has 22 heavy (non-hydrogen) atoms. The number of carbonyl (C=O) groups excluding carboxylic acids is 1. The molecule has 1 aliphatic heterocycles. The Morgan fingerprint density at radius 3 is 2.32 bits per heavy atom. The fourth-order valence-electron chi connectivity index (χ4n) is 2.60. The first kappa shape index (κ1) is 16.8. The predicted octanol–water partition coefficient (Wildman–Crippen LogP) is 1.26. The molecule has 0 bridgehead atoms. The Morgan fingerprint density at radius 1 is 1.18 bits per heavy atom. The van der Waals surface area contributed by atoms with E-state index in [0.29, 0.717) is 0 Å². The predicted molar refractivity (Wildman–Crippen MR) is 88.0 cm³/mol. The van der Waals surface area contributed by atoms with Gasteiger partial charge in [0.2, 0.25) is 0 Å². The fraction of sp³-hybridized carbons (Fsp3) is 0.588. The van der Waals surface area contributed by atoms with Gasteiger partial charge >= 0.3 is 0 Å². The van der Waals surface area contributed by atoms with Crippen LogP contribution in [0.2, 0.25) is 0 Å². The van der Waals surface area contributed by atoms with Crippen LogP contribution >= 0.6 is 0 Å². The standard InChI is InChI=1S/C17H27N3O2/c1-14-4-6-15(7-5-14)22-12-16(21)20-10-8-19(9-11-20)13-17(2,3)18/h4-7H,8-13,18H2,1-3H3. The molecule has 0 unspecified atom stereocenters. The lowest BCUT2D eigenvalue weighted by molar-refractivity contribution is -0.135. The molecular weight excluding hydrogens is 278 g/mol. The molecule has 1 heterocycles. The van der Waals surface area contributed by atoms with Gasteiger partial charge in [-0.25, -0.2) is 0 Å². The molecule has 1 aromatic carbocycles. The quantitative estimate of drug-likeness (QED) is 0.889. The van der Waals surface area contributed by atoms with Crippen molar-refractivity contribution >= 4 is 5.91 Å². The molecule has 2 rings (SSSR count). The number of carbonyl (C=O) groups is 1. The Morgan fingerprint density at radius 2 is 1.77 bits per heavy atom. The van der Waals surface area contributed by atoms with Crippen LogP contribution in [0.4, 0.5) is 0 Å². The van der Waals surface area contributed by atoms with E-state index in [-0.39, 0.29) is 18.1 Å². The van der Waals surface area contributed by atoms with Crippen molar-refractivity contribution < 1.29 is 9.53 Å². The Bertz CT molecular complexity index is 486. The first-order chi connectivity index (χ1) is 10.3. The van der Waals surface area contributed by atoms with Gasteiger partial charge in [-0.3, -0.25) is 9.69 Å². The zero-order valence-corrected chi connectivity index (χ0v) is 13.8. The summed E-state index contributed by atoms with van der Waals surface area (Å²) in [7, 11) is 0. The summed E-state index contributed by atoms with van der Waals surface area (Å²) in [6.07, 6.45) is 0. The van der Waals surface area contributed by atoms with Crippen molar-refractivity contribution in [1.29, 1.82) is 0 Å². The Hall–Kier alpha value is -1.59. The average Bonchev–Trinajstić information content (AvgIpc) is 2.45. The molecule has 122 valence electrons. The van der Waals surface area contributed by atoms with E-state index in [1.807, 2.05) is 49.9 Å². The van der Waals surface area contributed by atoms with Gasteiger partial charge in [-0.05, 0) is 32.9 Å². The van der Waals surface area contributed by atoms with Crippen LogP contribution in [-0.2, 0) is 4.79 Å². The lowest BCUT2D eigenvalue weighted by Gasteiger charge is -2.37. The largest absolute Gasteiger partial charge is 0.484 e. The highest BCUT2D eigenvalue weighted by Gasteiger charge is 2.24. The second-order valence-corrected chi connectivity index (χ2v) is 6.75. The Balaban J connectivity index is 1.74. The van der Waals surface area contributed by atoms with E-state index in [9.17, 15) is 4.79 Å². The van der Waals surface area contributed by atoms with Crippen molar-refractivity contribution in [2.24, 2.45) is 5.73 Å². The van der Waals surface area contributed by atoms with Crippen molar-refractivity contribution in [3.05, 3.63) is 29.8 Å². The van der Waals surface area contributed by atoms with Crippen molar-refractivity contribution in [3.63, 3.8) is 0 Å². The van der Waals surface area contributed by atoms with Gasteiger partial charge in [-0.15, -0.1) is 0 Å². The van der Waals surface area contributed by atoms with E-state index in [2.05, 4.69) is 4.90 Å². The minimum Gasteiger partial charge on any atom is -0.484 e.